The lowest BCUT2D eigenvalue weighted by Gasteiger charge is -2.27. The Bertz CT molecular complexity index is 364. The van der Waals surface area contributed by atoms with Crippen LogP contribution in [0.1, 0.15) is 19.5 Å². The zero-order chi connectivity index (χ0) is 12.8. The summed E-state index contributed by atoms with van der Waals surface area (Å²) in [5.41, 5.74) is 1.03. The smallest absolute Gasteiger partial charge is 0.147 e. The van der Waals surface area contributed by atoms with E-state index in [1.807, 2.05) is 24.2 Å². The zero-order valence-corrected chi connectivity index (χ0v) is 12.0. The first-order chi connectivity index (χ1) is 8.75. The minimum atomic E-state index is 0.667. The molecule has 0 unspecified atom stereocenters. The predicted molar refractivity (Wildman–Crippen MR) is 78.1 cm³/mol. The Kier molecular flexibility index (Phi) is 5.26. The molecule has 2 rings (SSSR count). The van der Waals surface area contributed by atoms with Gasteiger partial charge in [-0.25, -0.2) is 4.98 Å². The first-order valence-corrected chi connectivity index (χ1v) is 7.75. The van der Waals surface area contributed by atoms with Gasteiger partial charge in [-0.1, -0.05) is 13.8 Å². The molecule has 0 atom stereocenters. The predicted octanol–water partition coefficient (Wildman–Crippen LogP) is 1.78. The first kappa shape index (κ1) is 13.6. The van der Waals surface area contributed by atoms with Gasteiger partial charge in [0.2, 0.25) is 0 Å². The monoisotopic (exact) mass is 266 g/mol. The van der Waals surface area contributed by atoms with Gasteiger partial charge in [0.25, 0.3) is 0 Å². The molecule has 18 heavy (non-hydrogen) atoms. The number of anilines is 1. The van der Waals surface area contributed by atoms with Gasteiger partial charge >= 0.3 is 0 Å². The molecule has 1 aliphatic rings. The van der Waals surface area contributed by atoms with Gasteiger partial charge < -0.3 is 10.2 Å². The lowest BCUT2D eigenvalue weighted by molar-refractivity contribution is 0.547. The molecule has 0 saturated carbocycles. The van der Waals surface area contributed by atoms with E-state index in [1.165, 1.54) is 11.5 Å². The van der Waals surface area contributed by atoms with E-state index >= 15 is 0 Å². The second-order valence-corrected chi connectivity index (χ2v) is 6.22. The summed E-state index contributed by atoms with van der Waals surface area (Å²) >= 11 is 2.01. The van der Waals surface area contributed by atoms with Crippen LogP contribution < -0.4 is 10.2 Å². The molecule has 0 spiro atoms. The Balaban J connectivity index is 1.91. The van der Waals surface area contributed by atoms with Crippen molar-refractivity contribution < 1.29 is 0 Å². The summed E-state index contributed by atoms with van der Waals surface area (Å²) in [6, 6.07) is 0. The maximum atomic E-state index is 4.68. The van der Waals surface area contributed by atoms with Crippen LogP contribution in [-0.4, -0.2) is 41.1 Å². The molecule has 5 heteroatoms. The molecule has 1 saturated heterocycles. The van der Waals surface area contributed by atoms with Gasteiger partial charge in [0.05, 0.1) is 11.9 Å². The van der Waals surface area contributed by atoms with Crippen molar-refractivity contribution in [2.75, 3.05) is 36.0 Å². The summed E-state index contributed by atoms with van der Waals surface area (Å²) in [6.07, 6.45) is 3.73. The van der Waals surface area contributed by atoms with Crippen LogP contribution in [0.4, 0.5) is 5.82 Å². The summed E-state index contributed by atoms with van der Waals surface area (Å²) in [7, 11) is 0. The van der Waals surface area contributed by atoms with Crippen molar-refractivity contribution in [3.8, 4) is 0 Å². The third-order valence-corrected chi connectivity index (χ3v) is 3.81. The Hall–Kier alpha value is -0.810. The molecule has 4 nitrogen and oxygen atoms in total. The largest absolute Gasteiger partial charge is 0.354 e. The minimum absolute atomic E-state index is 0.667. The lowest BCUT2D eigenvalue weighted by atomic mass is 10.2. The number of nitrogens with one attached hydrogen (secondary N) is 1. The molecule has 1 fully saturated rings. The van der Waals surface area contributed by atoms with Gasteiger partial charge in [0.15, 0.2) is 0 Å². The van der Waals surface area contributed by atoms with Crippen molar-refractivity contribution in [2.24, 2.45) is 5.92 Å². The summed E-state index contributed by atoms with van der Waals surface area (Å²) in [6.45, 7) is 8.42. The number of rotatable bonds is 5. The van der Waals surface area contributed by atoms with Gasteiger partial charge in [-0.15, -0.1) is 0 Å². The van der Waals surface area contributed by atoms with E-state index in [9.17, 15) is 0 Å². The quantitative estimate of drug-likeness (QED) is 0.880. The van der Waals surface area contributed by atoms with E-state index in [0.29, 0.717) is 5.92 Å². The maximum Gasteiger partial charge on any atom is 0.147 e. The molecule has 0 aliphatic carbocycles. The Labute approximate surface area is 114 Å². The molecule has 0 amide bonds. The maximum absolute atomic E-state index is 4.68. The van der Waals surface area contributed by atoms with E-state index in [-0.39, 0.29) is 0 Å². The first-order valence-electron chi connectivity index (χ1n) is 6.60. The van der Waals surface area contributed by atoms with Crippen LogP contribution in [0.2, 0.25) is 0 Å². The van der Waals surface area contributed by atoms with Crippen LogP contribution in [-0.2, 0) is 6.54 Å². The fourth-order valence-corrected chi connectivity index (χ4v) is 2.82. The average Bonchev–Trinajstić information content (AvgIpc) is 2.40. The van der Waals surface area contributed by atoms with E-state index in [4.69, 9.17) is 0 Å². The summed E-state index contributed by atoms with van der Waals surface area (Å²) in [5.74, 6) is 4.08. The molecule has 0 bridgehead atoms. The highest BCUT2D eigenvalue weighted by atomic mass is 32.2. The zero-order valence-electron chi connectivity index (χ0n) is 11.2. The van der Waals surface area contributed by atoms with Crippen molar-refractivity contribution in [3.63, 3.8) is 0 Å². The van der Waals surface area contributed by atoms with Crippen LogP contribution in [0.5, 0.6) is 0 Å². The highest BCUT2D eigenvalue weighted by Gasteiger charge is 2.12. The summed E-state index contributed by atoms with van der Waals surface area (Å²) in [4.78, 5) is 11.3. The van der Waals surface area contributed by atoms with Crippen LogP contribution in [0.15, 0.2) is 12.4 Å². The molecule has 0 aromatic carbocycles. The van der Waals surface area contributed by atoms with Crippen LogP contribution in [0, 0.1) is 5.92 Å². The summed E-state index contributed by atoms with van der Waals surface area (Å²) in [5, 5.41) is 3.41. The Morgan fingerprint density at radius 3 is 2.83 bits per heavy atom. The normalized spacial score (nSPS) is 16.3. The Morgan fingerprint density at radius 2 is 2.11 bits per heavy atom. The van der Waals surface area contributed by atoms with E-state index in [1.54, 1.807) is 0 Å². The number of hydrogen-bond acceptors (Lipinski definition) is 5. The average molecular weight is 266 g/mol. The summed E-state index contributed by atoms with van der Waals surface area (Å²) < 4.78 is 0. The molecule has 1 N–H and O–H groups in total. The fourth-order valence-electron chi connectivity index (χ4n) is 1.91. The van der Waals surface area contributed by atoms with Crippen molar-refractivity contribution in [1.29, 1.82) is 0 Å². The van der Waals surface area contributed by atoms with Gasteiger partial charge in [-0.3, -0.25) is 4.98 Å². The SMILES string of the molecule is CC(C)CNCc1cncc(N2CCSCC2)n1. The molecule has 1 aromatic heterocycles. The Morgan fingerprint density at radius 1 is 1.33 bits per heavy atom. The van der Waals surface area contributed by atoms with Gasteiger partial charge in [0.1, 0.15) is 5.82 Å². The van der Waals surface area contributed by atoms with E-state index < -0.39 is 0 Å². The van der Waals surface area contributed by atoms with E-state index in [2.05, 4.69) is 34.0 Å². The molecular weight excluding hydrogens is 244 g/mol. The highest BCUT2D eigenvalue weighted by molar-refractivity contribution is 7.99. The van der Waals surface area contributed by atoms with Crippen molar-refractivity contribution in [1.82, 2.24) is 15.3 Å². The van der Waals surface area contributed by atoms with Crippen molar-refractivity contribution in [3.05, 3.63) is 18.1 Å². The van der Waals surface area contributed by atoms with Crippen LogP contribution >= 0.6 is 11.8 Å². The third kappa shape index (κ3) is 4.14. The molecule has 100 valence electrons. The highest BCUT2D eigenvalue weighted by Crippen LogP contribution is 2.16. The fraction of sp³-hybridized carbons (Fsp3) is 0.692. The number of thioether (sulfide) groups is 1. The molecule has 1 aromatic rings. The van der Waals surface area contributed by atoms with Gasteiger partial charge in [0, 0.05) is 37.3 Å². The number of hydrogen-bond donors (Lipinski definition) is 1. The molecular formula is C13H22N4S. The topological polar surface area (TPSA) is 41.1 Å². The molecule has 1 aliphatic heterocycles. The third-order valence-electron chi connectivity index (χ3n) is 2.87. The molecule has 2 heterocycles. The van der Waals surface area contributed by atoms with Crippen molar-refractivity contribution in [2.45, 2.75) is 20.4 Å². The van der Waals surface area contributed by atoms with Crippen LogP contribution in [0.3, 0.4) is 0 Å². The second-order valence-electron chi connectivity index (χ2n) is 4.99. The molecule has 0 radical (unpaired) electrons. The number of nitrogens with zero attached hydrogens (tertiary/aromatic N) is 3. The standard InChI is InChI=1S/C13H22N4S/c1-11(2)7-14-8-12-9-15-10-13(16-12)17-3-5-18-6-4-17/h9-11,14H,3-8H2,1-2H3. The number of aromatic nitrogens is 2. The van der Waals surface area contributed by atoms with Gasteiger partial charge in [-0.2, -0.15) is 11.8 Å². The van der Waals surface area contributed by atoms with E-state index in [0.717, 1.165) is 37.7 Å². The lowest BCUT2D eigenvalue weighted by Crippen LogP contribution is -2.33. The minimum Gasteiger partial charge on any atom is -0.354 e. The second kappa shape index (κ2) is 6.95. The van der Waals surface area contributed by atoms with Crippen LogP contribution in [0.25, 0.3) is 0 Å². The van der Waals surface area contributed by atoms with Crippen molar-refractivity contribution >= 4 is 17.6 Å². The van der Waals surface area contributed by atoms with Gasteiger partial charge in [-0.05, 0) is 12.5 Å².